The highest BCUT2D eigenvalue weighted by atomic mass is 35.5. The highest BCUT2D eigenvalue weighted by Crippen LogP contribution is 2.30. The smallest absolute Gasteiger partial charge is 0.410 e. The molecule has 0 unspecified atom stereocenters. The quantitative estimate of drug-likeness (QED) is 0.697. The summed E-state index contributed by atoms with van der Waals surface area (Å²) < 4.78 is 5.42. The van der Waals surface area contributed by atoms with Gasteiger partial charge in [0, 0.05) is 45.0 Å². The molecule has 0 aliphatic carbocycles. The van der Waals surface area contributed by atoms with Gasteiger partial charge in [0.15, 0.2) is 0 Å². The Bertz CT molecular complexity index is 966. The molecule has 0 bridgehead atoms. The number of pyridine rings is 1. The molecule has 7 nitrogen and oxygen atoms in total. The zero-order valence-corrected chi connectivity index (χ0v) is 19.4. The number of aromatic nitrogens is 1. The minimum Gasteiger partial charge on any atom is -0.444 e. The third-order valence-corrected chi connectivity index (χ3v) is 5.32. The van der Waals surface area contributed by atoms with Crippen LogP contribution in [0.25, 0.3) is 0 Å². The molecule has 2 amide bonds. The van der Waals surface area contributed by atoms with Crippen molar-refractivity contribution in [1.82, 2.24) is 14.8 Å². The molecule has 1 aromatic heterocycles. The first-order chi connectivity index (χ1) is 14.5. The summed E-state index contributed by atoms with van der Waals surface area (Å²) >= 11 is 6.39. The number of rotatable bonds is 3. The van der Waals surface area contributed by atoms with Crippen molar-refractivity contribution in [1.29, 1.82) is 0 Å². The van der Waals surface area contributed by atoms with Gasteiger partial charge in [0.05, 0.1) is 10.7 Å². The fourth-order valence-corrected chi connectivity index (χ4v) is 3.71. The van der Waals surface area contributed by atoms with E-state index in [1.54, 1.807) is 28.1 Å². The number of ether oxygens (including phenoxy) is 1. The van der Waals surface area contributed by atoms with Crippen LogP contribution in [0.1, 0.15) is 36.7 Å². The Hall–Kier alpha value is -2.80. The van der Waals surface area contributed by atoms with Gasteiger partial charge >= 0.3 is 6.09 Å². The lowest BCUT2D eigenvalue weighted by atomic mass is 10.2. The van der Waals surface area contributed by atoms with Crippen LogP contribution >= 0.6 is 11.6 Å². The molecule has 0 saturated carbocycles. The third kappa shape index (κ3) is 5.67. The number of nitrogens with zero attached hydrogens (tertiary/aromatic N) is 4. The van der Waals surface area contributed by atoms with E-state index in [0.717, 1.165) is 11.3 Å². The number of hydrogen-bond donors (Lipinski definition) is 0. The number of benzene rings is 1. The lowest BCUT2D eigenvalue weighted by Gasteiger charge is -2.35. The fourth-order valence-electron chi connectivity index (χ4n) is 3.34. The molecule has 2 aromatic rings. The van der Waals surface area contributed by atoms with E-state index in [9.17, 15) is 9.59 Å². The Labute approximate surface area is 188 Å². The van der Waals surface area contributed by atoms with Gasteiger partial charge in [-0.2, -0.15) is 0 Å². The molecule has 1 aliphatic rings. The summed E-state index contributed by atoms with van der Waals surface area (Å²) in [5.41, 5.74) is 1.90. The molecular weight excluding hydrogens is 416 g/mol. The second-order valence-corrected chi connectivity index (χ2v) is 9.08. The van der Waals surface area contributed by atoms with Gasteiger partial charge in [0.2, 0.25) is 0 Å². The van der Waals surface area contributed by atoms with Gasteiger partial charge in [-0.1, -0.05) is 17.7 Å². The Morgan fingerprint density at radius 2 is 1.71 bits per heavy atom. The SMILES string of the molecule is Cc1ccc(N(C)c2cc(C(=O)N3CCN(C(=O)OC(C)(C)C)CC3)ccn2)c(Cl)c1. The van der Waals surface area contributed by atoms with Gasteiger partial charge in [-0.25, -0.2) is 9.78 Å². The molecule has 0 atom stereocenters. The lowest BCUT2D eigenvalue weighted by Crippen LogP contribution is -2.51. The molecule has 0 spiro atoms. The van der Waals surface area contributed by atoms with Crippen molar-refractivity contribution in [2.24, 2.45) is 0 Å². The van der Waals surface area contributed by atoms with Crippen molar-refractivity contribution in [3.05, 3.63) is 52.7 Å². The molecule has 31 heavy (non-hydrogen) atoms. The summed E-state index contributed by atoms with van der Waals surface area (Å²) in [5.74, 6) is 0.542. The normalized spacial score (nSPS) is 14.4. The third-order valence-electron chi connectivity index (χ3n) is 5.02. The first-order valence-electron chi connectivity index (χ1n) is 10.3. The predicted octanol–water partition coefficient (Wildman–Crippen LogP) is 4.50. The van der Waals surface area contributed by atoms with Crippen LogP contribution in [0.15, 0.2) is 36.5 Å². The second kappa shape index (κ2) is 9.14. The number of piperazine rings is 1. The van der Waals surface area contributed by atoms with Crippen LogP contribution in [0.3, 0.4) is 0 Å². The Balaban J connectivity index is 1.68. The molecule has 8 heteroatoms. The highest BCUT2D eigenvalue weighted by molar-refractivity contribution is 6.33. The average Bonchev–Trinajstić information content (AvgIpc) is 2.72. The lowest BCUT2D eigenvalue weighted by molar-refractivity contribution is 0.0141. The van der Waals surface area contributed by atoms with Crippen LogP contribution in [0.4, 0.5) is 16.3 Å². The highest BCUT2D eigenvalue weighted by Gasteiger charge is 2.28. The zero-order chi connectivity index (χ0) is 22.8. The van der Waals surface area contributed by atoms with E-state index in [4.69, 9.17) is 16.3 Å². The van der Waals surface area contributed by atoms with Crippen LogP contribution in [0.2, 0.25) is 5.02 Å². The van der Waals surface area contributed by atoms with Gasteiger partial charge in [-0.05, 0) is 57.5 Å². The number of carbonyl (C=O) groups is 2. The average molecular weight is 445 g/mol. The fraction of sp³-hybridized carbons (Fsp3) is 0.435. The maximum atomic E-state index is 13.0. The molecule has 0 radical (unpaired) electrons. The van der Waals surface area contributed by atoms with Crippen LogP contribution in [0.5, 0.6) is 0 Å². The summed E-state index contributed by atoms with van der Waals surface area (Å²) in [6.45, 7) is 9.29. The largest absolute Gasteiger partial charge is 0.444 e. The van der Waals surface area contributed by atoms with E-state index in [2.05, 4.69) is 4.98 Å². The number of halogens is 1. The summed E-state index contributed by atoms with van der Waals surface area (Å²) in [7, 11) is 1.87. The number of hydrogen-bond acceptors (Lipinski definition) is 5. The van der Waals surface area contributed by atoms with Crippen LogP contribution in [0, 0.1) is 6.92 Å². The second-order valence-electron chi connectivity index (χ2n) is 8.68. The molecule has 1 fully saturated rings. The predicted molar refractivity (Wildman–Crippen MR) is 122 cm³/mol. The van der Waals surface area contributed by atoms with Crippen molar-refractivity contribution in [2.45, 2.75) is 33.3 Å². The van der Waals surface area contributed by atoms with Crippen molar-refractivity contribution in [2.75, 3.05) is 38.1 Å². The van der Waals surface area contributed by atoms with Crippen LogP contribution < -0.4 is 4.90 Å². The van der Waals surface area contributed by atoms with E-state index >= 15 is 0 Å². The van der Waals surface area contributed by atoms with Gasteiger partial charge in [0.25, 0.3) is 5.91 Å². The van der Waals surface area contributed by atoms with E-state index in [0.29, 0.717) is 42.6 Å². The maximum absolute atomic E-state index is 13.0. The molecule has 0 N–H and O–H groups in total. The summed E-state index contributed by atoms with van der Waals surface area (Å²) in [5, 5.41) is 0.624. The van der Waals surface area contributed by atoms with Gasteiger partial charge < -0.3 is 19.4 Å². The summed E-state index contributed by atoms with van der Waals surface area (Å²) in [4.78, 5) is 34.9. The van der Waals surface area contributed by atoms with Gasteiger partial charge in [-0.3, -0.25) is 4.79 Å². The monoisotopic (exact) mass is 444 g/mol. The molecule has 1 saturated heterocycles. The zero-order valence-electron chi connectivity index (χ0n) is 18.7. The minimum atomic E-state index is -0.538. The number of anilines is 2. The molecule has 3 rings (SSSR count). The topological polar surface area (TPSA) is 66.0 Å². The van der Waals surface area contributed by atoms with E-state index in [1.165, 1.54) is 0 Å². The van der Waals surface area contributed by atoms with Crippen LogP contribution in [-0.4, -0.2) is 65.6 Å². The maximum Gasteiger partial charge on any atom is 0.410 e. The van der Waals surface area contributed by atoms with Crippen LogP contribution in [-0.2, 0) is 4.74 Å². The summed E-state index contributed by atoms with van der Waals surface area (Å²) in [6, 6.07) is 9.28. The first kappa shape index (κ1) is 22.9. The molecule has 1 aromatic carbocycles. The minimum absolute atomic E-state index is 0.0871. The van der Waals surface area contributed by atoms with Crippen molar-refractivity contribution < 1.29 is 14.3 Å². The molecule has 2 heterocycles. The number of aryl methyl sites for hydroxylation is 1. The van der Waals surface area contributed by atoms with E-state index in [-0.39, 0.29) is 12.0 Å². The van der Waals surface area contributed by atoms with Gasteiger partial charge in [0.1, 0.15) is 11.4 Å². The standard InChI is InChI=1S/C23H29ClN4O3/c1-16-6-7-19(18(24)14-16)26(5)20-15-17(8-9-25-20)21(29)27-10-12-28(13-11-27)22(30)31-23(2,3)4/h6-9,14-15H,10-13H2,1-5H3. The van der Waals surface area contributed by atoms with E-state index in [1.807, 2.05) is 57.8 Å². The number of amides is 2. The molecule has 1 aliphatic heterocycles. The summed E-state index contributed by atoms with van der Waals surface area (Å²) in [6.07, 6.45) is 1.28. The first-order valence-corrected chi connectivity index (χ1v) is 10.7. The Morgan fingerprint density at radius 3 is 2.32 bits per heavy atom. The molecular formula is C23H29ClN4O3. The van der Waals surface area contributed by atoms with Gasteiger partial charge in [-0.15, -0.1) is 0 Å². The van der Waals surface area contributed by atoms with Crippen molar-refractivity contribution in [3.63, 3.8) is 0 Å². The molecule has 166 valence electrons. The Morgan fingerprint density at radius 1 is 1.06 bits per heavy atom. The number of carbonyl (C=O) groups excluding carboxylic acids is 2. The van der Waals surface area contributed by atoms with Crippen molar-refractivity contribution >= 4 is 35.1 Å². The Kier molecular flexibility index (Phi) is 6.74. The van der Waals surface area contributed by atoms with Crippen molar-refractivity contribution in [3.8, 4) is 0 Å². The van der Waals surface area contributed by atoms with E-state index < -0.39 is 5.60 Å².